The number of halogens is 3. The summed E-state index contributed by atoms with van der Waals surface area (Å²) in [7, 11) is -1.68. The standard InChI is InChI=1S/C11H13F3O6S/c1-17-8-4-7(5-9(18-2)10(8)19-3)6-20-21(15,16)11(12,13)14/h4-5H,6H2,1-3H3. The molecule has 0 radical (unpaired) electrons. The summed E-state index contributed by atoms with van der Waals surface area (Å²) >= 11 is 0. The minimum Gasteiger partial charge on any atom is -0.493 e. The molecule has 0 N–H and O–H groups in total. The maximum absolute atomic E-state index is 12.2. The lowest BCUT2D eigenvalue weighted by atomic mass is 10.2. The third-order valence-corrected chi connectivity index (χ3v) is 3.38. The van der Waals surface area contributed by atoms with E-state index in [-0.39, 0.29) is 22.8 Å². The Kier molecular flexibility index (Phi) is 5.29. The highest BCUT2D eigenvalue weighted by Crippen LogP contribution is 2.38. The first-order valence-electron chi connectivity index (χ1n) is 5.41. The van der Waals surface area contributed by atoms with Crippen LogP contribution in [-0.4, -0.2) is 35.3 Å². The Morgan fingerprint density at radius 1 is 1.00 bits per heavy atom. The highest BCUT2D eigenvalue weighted by molar-refractivity contribution is 7.87. The van der Waals surface area contributed by atoms with E-state index in [2.05, 4.69) is 4.18 Å². The molecule has 0 aliphatic rings. The molecular weight excluding hydrogens is 317 g/mol. The zero-order valence-electron chi connectivity index (χ0n) is 11.4. The SMILES string of the molecule is COc1cc(COS(=O)(=O)C(F)(F)F)cc(OC)c1OC. The summed E-state index contributed by atoms with van der Waals surface area (Å²) in [6, 6.07) is 2.57. The van der Waals surface area contributed by atoms with Gasteiger partial charge in [0.05, 0.1) is 27.9 Å². The maximum Gasteiger partial charge on any atom is 0.523 e. The van der Waals surface area contributed by atoms with Crippen LogP contribution in [-0.2, 0) is 20.9 Å². The van der Waals surface area contributed by atoms with Gasteiger partial charge in [-0.2, -0.15) is 21.6 Å². The second kappa shape index (κ2) is 6.39. The fourth-order valence-electron chi connectivity index (χ4n) is 1.43. The van der Waals surface area contributed by atoms with Crippen LogP contribution < -0.4 is 14.2 Å². The molecule has 0 aromatic heterocycles. The Balaban J connectivity index is 3.06. The van der Waals surface area contributed by atoms with Gasteiger partial charge in [0.25, 0.3) is 0 Å². The highest BCUT2D eigenvalue weighted by atomic mass is 32.2. The Morgan fingerprint density at radius 2 is 1.48 bits per heavy atom. The number of ether oxygens (including phenoxy) is 3. The van der Waals surface area contributed by atoms with Crippen LogP contribution in [0, 0.1) is 0 Å². The van der Waals surface area contributed by atoms with Crippen LogP contribution >= 0.6 is 0 Å². The Bertz CT molecular complexity index is 571. The molecule has 0 bridgehead atoms. The van der Waals surface area contributed by atoms with Crippen LogP contribution in [0.15, 0.2) is 12.1 Å². The van der Waals surface area contributed by atoms with Gasteiger partial charge >= 0.3 is 15.6 Å². The van der Waals surface area contributed by atoms with E-state index < -0.39 is 22.2 Å². The van der Waals surface area contributed by atoms with Crippen molar-refractivity contribution in [2.45, 2.75) is 12.1 Å². The molecule has 1 aromatic carbocycles. The lowest BCUT2D eigenvalue weighted by Gasteiger charge is -2.14. The van der Waals surface area contributed by atoms with Crippen molar-refractivity contribution in [2.24, 2.45) is 0 Å². The molecule has 0 aliphatic heterocycles. The molecular formula is C11H13F3O6S. The van der Waals surface area contributed by atoms with Crippen molar-refractivity contribution >= 4 is 10.1 Å². The fraction of sp³-hybridized carbons (Fsp3) is 0.455. The van der Waals surface area contributed by atoms with E-state index in [4.69, 9.17) is 14.2 Å². The first kappa shape index (κ1) is 17.4. The quantitative estimate of drug-likeness (QED) is 0.587. The first-order chi connectivity index (χ1) is 9.66. The second-order valence-electron chi connectivity index (χ2n) is 3.70. The monoisotopic (exact) mass is 330 g/mol. The molecule has 10 heteroatoms. The van der Waals surface area contributed by atoms with Gasteiger partial charge in [-0.3, -0.25) is 4.18 Å². The predicted octanol–water partition coefficient (Wildman–Crippen LogP) is 2.08. The third kappa shape index (κ3) is 3.91. The van der Waals surface area contributed by atoms with Gasteiger partial charge in [0.1, 0.15) is 0 Å². The molecule has 0 spiro atoms. The van der Waals surface area contributed by atoms with Crippen LogP contribution in [0.3, 0.4) is 0 Å². The number of rotatable bonds is 6. The Labute approximate surface area is 119 Å². The van der Waals surface area contributed by atoms with Crippen molar-refractivity contribution in [3.63, 3.8) is 0 Å². The van der Waals surface area contributed by atoms with Gasteiger partial charge in [0, 0.05) is 0 Å². The zero-order chi connectivity index (χ0) is 16.3. The van der Waals surface area contributed by atoms with Gasteiger partial charge in [0.2, 0.25) is 5.75 Å². The van der Waals surface area contributed by atoms with E-state index in [1.165, 1.54) is 33.5 Å². The molecule has 0 fully saturated rings. The molecule has 120 valence electrons. The molecule has 0 aliphatic carbocycles. The van der Waals surface area contributed by atoms with Crippen molar-refractivity contribution in [2.75, 3.05) is 21.3 Å². The summed E-state index contributed by atoms with van der Waals surface area (Å²) in [6.45, 7) is -0.821. The molecule has 1 rings (SSSR count). The van der Waals surface area contributed by atoms with Gasteiger partial charge in [-0.15, -0.1) is 0 Å². The number of benzene rings is 1. The van der Waals surface area contributed by atoms with Crippen LogP contribution in [0.25, 0.3) is 0 Å². The van der Waals surface area contributed by atoms with Crippen molar-refractivity contribution in [1.29, 1.82) is 0 Å². The first-order valence-corrected chi connectivity index (χ1v) is 6.81. The van der Waals surface area contributed by atoms with Crippen molar-refractivity contribution in [3.05, 3.63) is 17.7 Å². The normalized spacial score (nSPS) is 12.1. The smallest absolute Gasteiger partial charge is 0.493 e. The van der Waals surface area contributed by atoms with Crippen LogP contribution in [0.5, 0.6) is 17.2 Å². The highest BCUT2D eigenvalue weighted by Gasteiger charge is 2.47. The van der Waals surface area contributed by atoms with Gasteiger partial charge in [-0.1, -0.05) is 0 Å². The molecule has 0 saturated carbocycles. The summed E-state index contributed by atoms with van der Waals surface area (Å²) < 4.78 is 77.1. The molecule has 0 amide bonds. The van der Waals surface area contributed by atoms with E-state index in [1.807, 2.05) is 0 Å². The van der Waals surface area contributed by atoms with E-state index in [9.17, 15) is 21.6 Å². The molecule has 6 nitrogen and oxygen atoms in total. The maximum atomic E-state index is 12.2. The van der Waals surface area contributed by atoms with Gasteiger partial charge in [0.15, 0.2) is 11.5 Å². The topological polar surface area (TPSA) is 71.1 Å². The summed E-state index contributed by atoms with van der Waals surface area (Å²) in [6.07, 6.45) is 0. The van der Waals surface area contributed by atoms with Gasteiger partial charge in [-0.05, 0) is 17.7 Å². The zero-order valence-corrected chi connectivity index (χ0v) is 12.2. The lowest BCUT2D eigenvalue weighted by Crippen LogP contribution is -2.25. The molecule has 21 heavy (non-hydrogen) atoms. The van der Waals surface area contributed by atoms with E-state index in [1.54, 1.807) is 0 Å². The number of alkyl halides is 3. The number of methoxy groups -OCH3 is 3. The van der Waals surface area contributed by atoms with Crippen molar-refractivity contribution in [3.8, 4) is 17.2 Å². The molecule has 0 unspecified atom stereocenters. The number of hydrogen-bond acceptors (Lipinski definition) is 6. The summed E-state index contributed by atoms with van der Waals surface area (Å²) in [4.78, 5) is 0. The molecule has 1 aromatic rings. The predicted molar refractivity (Wildman–Crippen MR) is 65.9 cm³/mol. The van der Waals surface area contributed by atoms with E-state index in [0.717, 1.165) is 0 Å². The van der Waals surface area contributed by atoms with E-state index >= 15 is 0 Å². The van der Waals surface area contributed by atoms with Crippen LogP contribution in [0.2, 0.25) is 0 Å². The fourth-order valence-corrected chi connectivity index (χ4v) is 1.86. The Hall–Kier alpha value is -1.68. The average molecular weight is 330 g/mol. The molecule has 0 heterocycles. The second-order valence-corrected chi connectivity index (χ2v) is 5.30. The van der Waals surface area contributed by atoms with Crippen molar-refractivity contribution in [1.82, 2.24) is 0 Å². The Morgan fingerprint density at radius 3 is 1.81 bits per heavy atom. The number of hydrogen-bond donors (Lipinski definition) is 0. The average Bonchev–Trinajstić information content (AvgIpc) is 2.42. The minimum atomic E-state index is -5.66. The van der Waals surface area contributed by atoms with Crippen molar-refractivity contribution < 1.29 is 40.0 Å². The minimum absolute atomic E-state index is 0.109. The third-order valence-electron chi connectivity index (χ3n) is 2.39. The van der Waals surface area contributed by atoms with Gasteiger partial charge in [-0.25, -0.2) is 0 Å². The lowest BCUT2D eigenvalue weighted by molar-refractivity contribution is -0.0547. The molecule has 0 saturated heterocycles. The summed E-state index contributed by atoms with van der Waals surface area (Å²) in [5.74, 6) is 0.558. The summed E-state index contributed by atoms with van der Waals surface area (Å²) in [5.41, 5.74) is -5.37. The van der Waals surface area contributed by atoms with E-state index in [0.29, 0.717) is 0 Å². The van der Waals surface area contributed by atoms with Crippen LogP contribution in [0.4, 0.5) is 13.2 Å². The van der Waals surface area contributed by atoms with Crippen LogP contribution in [0.1, 0.15) is 5.56 Å². The molecule has 0 atom stereocenters. The summed E-state index contributed by atoms with van der Waals surface area (Å²) in [5, 5.41) is 0. The van der Waals surface area contributed by atoms with Gasteiger partial charge < -0.3 is 14.2 Å². The largest absolute Gasteiger partial charge is 0.523 e.